The van der Waals surface area contributed by atoms with Crippen LogP contribution in [0.5, 0.6) is 0 Å². The maximum atomic E-state index is 6.18. The summed E-state index contributed by atoms with van der Waals surface area (Å²) in [7, 11) is 0. The van der Waals surface area contributed by atoms with Gasteiger partial charge in [-0.05, 0) is 55.5 Å². The third-order valence-corrected chi connectivity index (χ3v) is 3.66. The summed E-state index contributed by atoms with van der Waals surface area (Å²) in [5.41, 5.74) is 6.00. The second-order valence-corrected chi connectivity index (χ2v) is 4.07. The summed E-state index contributed by atoms with van der Waals surface area (Å²) in [6.07, 6.45) is 0. The van der Waals surface area contributed by atoms with Crippen LogP contribution in [0.3, 0.4) is 0 Å². The topological polar surface area (TPSA) is 0 Å². The Morgan fingerprint density at radius 2 is 1.38 bits per heavy atom. The second-order valence-electron chi connectivity index (χ2n) is 3.43. The summed E-state index contributed by atoms with van der Waals surface area (Å²) >= 11 is 12.1. The molecule has 72 valence electrons. The molecule has 0 spiro atoms. The Kier molecular flexibility index (Phi) is 3.26. The monoisotopic (exact) mass is 216 g/mol. The Labute approximate surface area is 89.9 Å². The van der Waals surface area contributed by atoms with Crippen molar-refractivity contribution in [2.24, 2.45) is 0 Å². The van der Waals surface area contributed by atoms with Crippen molar-refractivity contribution < 1.29 is 0 Å². The van der Waals surface area contributed by atoms with Crippen molar-refractivity contribution in [2.75, 3.05) is 0 Å². The van der Waals surface area contributed by atoms with Crippen molar-refractivity contribution in [3.8, 4) is 0 Å². The van der Waals surface area contributed by atoms with Crippen LogP contribution in [-0.4, -0.2) is 0 Å². The molecule has 0 heterocycles. The molecule has 0 bridgehead atoms. The first-order valence-electron chi connectivity index (χ1n) is 4.31. The van der Waals surface area contributed by atoms with Gasteiger partial charge in [0.25, 0.3) is 0 Å². The number of hydrogen-bond acceptors (Lipinski definition) is 0. The molecule has 0 atom stereocenters. The minimum atomic E-state index is 0.540. The predicted molar refractivity (Wildman–Crippen MR) is 60.0 cm³/mol. The third-order valence-electron chi connectivity index (χ3n) is 2.82. The highest BCUT2D eigenvalue weighted by molar-refractivity contribution is 6.32. The molecule has 13 heavy (non-hydrogen) atoms. The van der Waals surface area contributed by atoms with Gasteiger partial charge in [-0.25, -0.2) is 0 Å². The van der Waals surface area contributed by atoms with Gasteiger partial charge in [-0.15, -0.1) is 11.6 Å². The lowest BCUT2D eigenvalue weighted by Gasteiger charge is -2.15. The van der Waals surface area contributed by atoms with Gasteiger partial charge in [-0.2, -0.15) is 0 Å². The Morgan fingerprint density at radius 3 is 1.85 bits per heavy atom. The number of halogens is 2. The lowest BCUT2D eigenvalue weighted by molar-refractivity contribution is 1.16. The Morgan fingerprint density at radius 1 is 0.846 bits per heavy atom. The zero-order valence-corrected chi connectivity index (χ0v) is 9.97. The number of hydrogen-bond donors (Lipinski definition) is 0. The fourth-order valence-corrected chi connectivity index (χ4v) is 2.22. The van der Waals surface area contributed by atoms with Gasteiger partial charge < -0.3 is 0 Å². The maximum Gasteiger partial charge on any atom is 0.0479 e. The molecule has 0 amide bonds. The first-order valence-corrected chi connectivity index (χ1v) is 5.22. The Hall–Kier alpha value is -0.200. The zero-order chi connectivity index (χ0) is 10.2. The normalized spacial score (nSPS) is 10.6. The van der Waals surface area contributed by atoms with E-state index in [9.17, 15) is 0 Å². The van der Waals surface area contributed by atoms with Gasteiger partial charge >= 0.3 is 0 Å². The standard InChI is InChI=1S/C11H14Cl2/c1-6-7(2)10(5-12)9(4)11(13)8(6)3/h5H2,1-4H3. The van der Waals surface area contributed by atoms with Gasteiger partial charge in [0, 0.05) is 10.9 Å². The van der Waals surface area contributed by atoms with Crippen molar-refractivity contribution in [1.29, 1.82) is 0 Å². The Bertz CT molecular complexity index is 311. The molecule has 0 nitrogen and oxygen atoms in total. The van der Waals surface area contributed by atoms with Crippen LogP contribution < -0.4 is 0 Å². The van der Waals surface area contributed by atoms with E-state index < -0.39 is 0 Å². The second kappa shape index (κ2) is 3.89. The van der Waals surface area contributed by atoms with E-state index in [1.807, 2.05) is 6.92 Å². The van der Waals surface area contributed by atoms with E-state index in [-0.39, 0.29) is 0 Å². The summed E-state index contributed by atoms with van der Waals surface area (Å²) < 4.78 is 0. The summed E-state index contributed by atoms with van der Waals surface area (Å²) in [5.74, 6) is 0.540. The van der Waals surface area contributed by atoms with Crippen LogP contribution in [-0.2, 0) is 5.88 Å². The summed E-state index contributed by atoms with van der Waals surface area (Å²) in [5, 5.41) is 0.860. The first kappa shape index (κ1) is 10.9. The van der Waals surface area contributed by atoms with Crippen molar-refractivity contribution >= 4 is 23.2 Å². The number of benzene rings is 1. The predicted octanol–water partition coefficient (Wildman–Crippen LogP) is 4.31. The van der Waals surface area contributed by atoms with Crippen LogP contribution in [0.1, 0.15) is 27.8 Å². The van der Waals surface area contributed by atoms with Crippen molar-refractivity contribution in [2.45, 2.75) is 33.6 Å². The zero-order valence-electron chi connectivity index (χ0n) is 8.46. The summed E-state index contributed by atoms with van der Waals surface area (Å²) in [6, 6.07) is 0. The van der Waals surface area contributed by atoms with Crippen LogP contribution in [0.2, 0.25) is 5.02 Å². The average molecular weight is 217 g/mol. The third kappa shape index (κ3) is 1.70. The SMILES string of the molecule is Cc1c(C)c(Cl)c(C)c(CCl)c1C. The highest BCUT2D eigenvalue weighted by Crippen LogP contribution is 2.30. The van der Waals surface area contributed by atoms with Crippen LogP contribution in [0.25, 0.3) is 0 Å². The summed E-state index contributed by atoms with van der Waals surface area (Å²) in [4.78, 5) is 0. The van der Waals surface area contributed by atoms with Crippen molar-refractivity contribution in [1.82, 2.24) is 0 Å². The van der Waals surface area contributed by atoms with E-state index in [2.05, 4.69) is 20.8 Å². The molecular formula is C11H14Cl2. The van der Waals surface area contributed by atoms with Gasteiger partial charge in [-0.3, -0.25) is 0 Å². The van der Waals surface area contributed by atoms with Crippen molar-refractivity contribution in [3.05, 3.63) is 32.8 Å². The van der Waals surface area contributed by atoms with Gasteiger partial charge in [0.15, 0.2) is 0 Å². The number of alkyl halides is 1. The van der Waals surface area contributed by atoms with E-state index in [0.717, 1.165) is 10.6 Å². The highest BCUT2D eigenvalue weighted by Gasteiger charge is 2.11. The fourth-order valence-electron chi connectivity index (χ4n) is 1.57. The van der Waals surface area contributed by atoms with Gasteiger partial charge in [0.2, 0.25) is 0 Å². The van der Waals surface area contributed by atoms with E-state index in [1.165, 1.54) is 22.3 Å². The van der Waals surface area contributed by atoms with E-state index in [0.29, 0.717) is 5.88 Å². The molecule has 0 saturated heterocycles. The van der Waals surface area contributed by atoms with Crippen LogP contribution in [0.15, 0.2) is 0 Å². The molecule has 0 radical (unpaired) electrons. The molecule has 1 aromatic carbocycles. The molecule has 0 aliphatic carbocycles. The molecule has 0 N–H and O–H groups in total. The highest BCUT2D eigenvalue weighted by atomic mass is 35.5. The lowest BCUT2D eigenvalue weighted by atomic mass is 9.95. The van der Waals surface area contributed by atoms with Gasteiger partial charge in [0.1, 0.15) is 0 Å². The Balaban J connectivity index is 3.56. The lowest BCUT2D eigenvalue weighted by Crippen LogP contribution is -1.98. The minimum absolute atomic E-state index is 0.540. The minimum Gasteiger partial charge on any atom is -0.122 e. The molecule has 1 rings (SSSR count). The maximum absolute atomic E-state index is 6.18. The van der Waals surface area contributed by atoms with Crippen LogP contribution >= 0.6 is 23.2 Å². The molecule has 0 fully saturated rings. The smallest absolute Gasteiger partial charge is 0.0479 e. The van der Waals surface area contributed by atoms with Crippen molar-refractivity contribution in [3.63, 3.8) is 0 Å². The molecule has 2 heteroatoms. The van der Waals surface area contributed by atoms with Crippen LogP contribution in [0, 0.1) is 27.7 Å². The molecular weight excluding hydrogens is 203 g/mol. The van der Waals surface area contributed by atoms with Crippen LogP contribution in [0.4, 0.5) is 0 Å². The number of rotatable bonds is 1. The average Bonchev–Trinajstić information content (AvgIpc) is 2.13. The fraction of sp³-hybridized carbons (Fsp3) is 0.455. The largest absolute Gasteiger partial charge is 0.122 e. The van der Waals surface area contributed by atoms with Gasteiger partial charge in [-0.1, -0.05) is 11.6 Å². The molecule has 0 unspecified atom stereocenters. The molecule has 0 saturated carbocycles. The molecule has 1 aromatic rings. The summed E-state index contributed by atoms with van der Waals surface area (Å²) in [6.45, 7) is 8.27. The molecule has 0 aliphatic rings. The molecule has 0 aromatic heterocycles. The van der Waals surface area contributed by atoms with E-state index in [1.54, 1.807) is 0 Å². The quantitative estimate of drug-likeness (QED) is 0.615. The van der Waals surface area contributed by atoms with E-state index >= 15 is 0 Å². The molecule has 0 aliphatic heterocycles. The van der Waals surface area contributed by atoms with Gasteiger partial charge in [0.05, 0.1) is 0 Å². The first-order chi connectivity index (χ1) is 6.00. The van der Waals surface area contributed by atoms with E-state index in [4.69, 9.17) is 23.2 Å².